The molecule has 0 spiro atoms. The standard InChI is InChI=1S/C52H30O2/c1-2-12-32-29-34(22-21-31(32)11-1)49-38-15-5-7-17-40(38)50(41-18-8-6-16-39(41)49)42-26-25-35(36-13-3-4-14-37(36)42)33-23-24-44-48(30-33)54-47-28-27-46-51(52(44)47)43-19-9-10-20-45(43)53-46/h1-30H/i1D,2D,5D,6D,7D,8D,11D,12D,15D,16D,17D,18D,21D,22D,29D. The second kappa shape index (κ2) is 11.2. The molecule has 0 aliphatic heterocycles. The summed E-state index contributed by atoms with van der Waals surface area (Å²) in [5, 5.41) is 3.10. The third-order valence-electron chi connectivity index (χ3n) is 10.4. The highest BCUT2D eigenvalue weighted by Crippen LogP contribution is 2.47. The SMILES string of the molecule is [2H]c1c([2H])c([2H])c2c([2H])c(-c3c4c([2H])c([2H])c([2H])c([2H])c4c(-c4ccc(-c5ccc6c(c5)oc5ccc7oc8ccccc8c7c56)c5ccccc45)c4c([2H])c([2H])c([2H])c([2H])c34)c([2H])c([2H])c2c1[2H]. The van der Waals surface area contributed by atoms with Gasteiger partial charge >= 0.3 is 0 Å². The minimum Gasteiger partial charge on any atom is -0.456 e. The van der Waals surface area contributed by atoms with Crippen LogP contribution in [0.25, 0.3) is 120 Å². The van der Waals surface area contributed by atoms with Crippen molar-refractivity contribution in [2.75, 3.05) is 0 Å². The van der Waals surface area contributed by atoms with Crippen LogP contribution < -0.4 is 0 Å². The van der Waals surface area contributed by atoms with Gasteiger partial charge < -0.3 is 8.83 Å². The van der Waals surface area contributed by atoms with Crippen molar-refractivity contribution in [3.8, 4) is 33.4 Å². The van der Waals surface area contributed by atoms with E-state index < -0.39 is 107 Å². The first-order valence-electron chi connectivity index (χ1n) is 24.8. The Morgan fingerprint density at radius 1 is 0.352 bits per heavy atom. The molecule has 54 heavy (non-hydrogen) atoms. The molecule has 250 valence electrons. The van der Waals surface area contributed by atoms with Gasteiger partial charge in [0.15, 0.2) is 0 Å². The van der Waals surface area contributed by atoms with Crippen LogP contribution in [-0.4, -0.2) is 0 Å². The maximum Gasteiger partial charge on any atom is 0.136 e. The maximum atomic E-state index is 9.54. The molecule has 0 saturated carbocycles. The largest absolute Gasteiger partial charge is 0.456 e. The van der Waals surface area contributed by atoms with Crippen LogP contribution in [0.5, 0.6) is 0 Å². The normalized spacial score (nSPS) is 16.0. The molecule has 0 fully saturated rings. The first-order valence-corrected chi connectivity index (χ1v) is 17.3. The predicted octanol–water partition coefficient (Wildman–Crippen LogP) is 15.1. The summed E-state index contributed by atoms with van der Waals surface area (Å²) in [5.41, 5.74) is 3.82. The number of furan rings is 2. The van der Waals surface area contributed by atoms with Crippen LogP contribution >= 0.6 is 0 Å². The monoisotopic (exact) mass is 701 g/mol. The van der Waals surface area contributed by atoms with Gasteiger partial charge in [-0.1, -0.05) is 145 Å². The van der Waals surface area contributed by atoms with Gasteiger partial charge in [-0.2, -0.15) is 0 Å². The Hall–Kier alpha value is -7.16. The first-order chi connectivity index (χ1) is 33.0. The molecule has 2 heteroatoms. The van der Waals surface area contributed by atoms with Crippen molar-refractivity contribution in [3.63, 3.8) is 0 Å². The lowest BCUT2D eigenvalue weighted by Gasteiger charge is -2.20. The van der Waals surface area contributed by atoms with E-state index in [-0.39, 0.29) is 32.7 Å². The van der Waals surface area contributed by atoms with Crippen molar-refractivity contribution in [3.05, 3.63) is 182 Å². The molecule has 2 nitrogen and oxygen atoms in total. The van der Waals surface area contributed by atoms with E-state index in [9.17, 15) is 8.22 Å². The van der Waals surface area contributed by atoms with Crippen LogP contribution in [0.4, 0.5) is 0 Å². The lowest BCUT2D eigenvalue weighted by molar-refractivity contribution is 0.663. The van der Waals surface area contributed by atoms with Crippen molar-refractivity contribution in [1.82, 2.24) is 0 Å². The van der Waals surface area contributed by atoms with E-state index >= 15 is 0 Å². The van der Waals surface area contributed by atoms with E-state index in [0.29, 0.717) is 27.5 Å². The molecule has 10 aromatic carbocycles. The van der Waals surface area contributed by atoms with Crippen LogP contribution in [0.3, 0.4) is 0 Å². The van der Waals surface area contributed by atoms with E-state index in [1.807, 2.05) is 78.9 Å². The van der Waals surface area contributed by atoms with Crippen LogP contribution in [-0.2, 0) is 0 Å². The third kappa shape index (κ3) is 4.17. The van der Waals surface area contributed by atoms with Crippen LogP contribution in [0, 0.1) is 0 Å². The molecule has 12 aromatic rings. The second-order valence-corrected chi connectivity index (χ2v) is 13.2. The Kier molecular flexibility index (Phi) is 3.84. The Bertz CT molecular complexity index is 4300. The predicted molar refractivity (Wildman–Crippen MR) is 227 cm³/mol. The fraction of sp³-hybridized carbons (Fsp3) is 0. The van der Waals surface area contributed by atoms with Gasteiger partial charge in [-0.3, -0.25) is 0 Å². The molecule has 12 rings (SSSR count). The maximum absolute atomic E-state index is 9.54. The molecule has 0 bridgehead atoms. The molecule has 0 N–H and O–H groups in total. The van der Waals surface area contributed by atoms with E-state index in [1.165, 1.54) is 0 Å². The molecule has 0 unspecified atom stereocenters. The summed E-state index contributed by atoms with van der Waals surface area (Å²) in [6.07, 6.45) is 0. The van der Waals surface area contributed by atoms with Crippen molar-refractivity contribution in [2.45, 2.75) is 0 Å². The van der Waals surface area contributed by atoms with Gasteiger partial charge in [-0.15, -0.1) is 0 Å². The Balaban J connectivity index is 1.20. The minimum atomic E-state index is -0.744. The molecule has 0 saturated heterocycles. The molecule has 0 radical (unpaired) electrons. The van der Waals surface area contributed by atoms with Gasteiger partial charge in [0.1, 0.15) is 22.3 Å². The lowest BCUT2D eigenvalue weighted by atomic mass is 9.83. The second-order valence-electron chi connectivity index (χ2n) is 13.2. The highest BCUT2D eigenvalue weighted by atomic mass is 16.3. The van der Waals surface area contributed by atoms with Crippen molar-refractivity contribution in [2.24, 2.45) is 0 Å². The topological polar surface area (TPSA) is 26.3 Å². The van der Waals surface area contributed by atoms with Crippen molar-refractivity contribution in [1.29, 1.82) is 0 Å². The fourth-order valence-electron chi connectivity index (χ4n) is 8.07. The number of fused-ring (bicyclic) bond motifs is 11. The van der Waals surface area contributed by atoms with Gasteiger partial charge in [0.2, 0.25) is 0 Å². The average molecular weight is 702 g/mol. The van der Waals surface area contributed by atoms with Crippen molar-refractivity contribution < 1.29 is 29.4 Å². The average Bonchev–Trinajstić information content (AvgIpc) is 3.93. The number of hydrogen-bond acceptors (Lipinski definition) is 2. The number of rotatable bonds is 3. The molecule has 0 atom stereocenters. The zero-order chi connectivity index (χ0) is 48.4. The summed E-state index contributed by atoms with van der Waals surface area (Å²) in [4.78, 5) is 0. The fourth-order valence-corrected chi connectivity index (χ4v) is 8.07. The summed E-state index contributed by atoms with van der Waals surface area (Å²) in [6, 6.07) is 18.3. The van der Waals surface area contributed by atoms with E-state index in [0.717, 1.165) is 43.8 Å². The van der Waals surface area contributed by atoms with Gasteiger partial charge in [0.05, 0.1) is 20.6 Å². The smallest absolute Gasteiger partial charge is 0.136 e. The zero-order valence-electron chi connectivity index (χ0n) is 43.0. The number of hydrogen-bond donors (Lipinski definition) is 0. The highest BCUT2D eigenvalue weighted by molar-refractivity contribution is 6.27. The van der Waals surface area contributed by atoms with E-state index in [1.54, 1.807) is 12.1 Å². The molecular formula is C52H30O2. The molecule has 0 aliphatic rings. The summed E-state index contributed by atoms with van der Waals surface area (Å²) in [5.74, 6) is 0. The first kappa shape index (κ1) is 18.6. The van der Waals surface area contributed by atoms with Gasteiger partial charge in [-0.05, 0) is 113 Å². The quantitative estimate of drug-likeness (QED) is 0.171. The minimum absolute atomic E-state index is 0.0291. The van der Waals surface area contributed by atoms with Crippen molar-refractivity contribution >= 4 is 87.0 Å². The summed E-state index contributed by atoms with van der Waals surface area (Å²) in [7, 11) is 0. The van der Waals surface area contributed by atoms with Gasteiger partial charge in [0.25, 0.3) is 0 Å². The molecular weight excluding hydrogens is 657 g/mol. The van der Waals surface area contributed by atoms with E-state index in [2.05, 4.69) is 0 Å². The molecule has 0 aliphatic carbocycles. The van der Waals surface area contributed by atoms with E-state index in [4.69, 9.17) is 21.2 Å². The van der Waals surface area contributed by atoms with Crippen LogP contribution in [0.15, 0.2) is 190 Å². The summed E-state index contributed by atoms with van der Waals surface area (Å²) in [6.45, 7) is 0. The Morgan fingerprint density at radius 3 is 1.63 bits per heavy atom. The third-order valence-corrected chi connectivity index (χ3v) is 10.4. The Morgan fingerprint density at radius 2 is 0.907 bits per heavy atom. The van der Waals surface area contributed by atoms with Gasteiger partial charge in [-0.25, -0.2) is 0 Å². The number of para-hydroxylation sites is 1. The summed E-state index contributed by atoms with van der Waals surface area (Å²) >= 11 is 0. The molecule has 2 aromatic heterocycles. The zero-order valence-corrected chi connectivity index (χ0v) is 28.0. The number of benzene rings is 10. The summed E-state index contributed by atoms with van der Waals surface area (Å²) < 4.78 is 148. The molecule has 0 amide bonds. The molecule has 2 heterocycles. The Labute approximate surface area is 331 Å². The van der Waals surface area contributed by atoms with Crippen LogP contribution in [0.2, 0.25) is 0 Å². The van der Waals surface area contributed by atoms with Crippen LogP contribution in [0.1, 0.15) is 20.6 Å². The lowest BCUT2D eigenvalue weighted by Crippen LogP contribution is -1.92. The van der Waals surface area contributed by atoms with Gasteiger partial charge in [0, 0.05) is 21.5 Å². The highest BCUT2D eigenvalue weighted by Gasteiger charge is 2.20.